The molecule has 4 aromatic rings. The maximum Gasteiger partial charge on any atom is 0.251 e. The molecule has 0 aliphatic heterocycles. The average Bonchev–Trinajstić information content (AvgIpc) is 3.23. The quantitative estimate of drug-likeness (QED) is 0.509. The van der Waals surface area contributed by atoms with E-state index in [9.17, 15) is 4.79 Å². The highest BCUT2D eigenvalue weighted by atomic mass is 16.1. The second-order valence-corrected chi connectivity index (χ2v) is 6.88. The Morgan fingerprint density at radius 2 is 1.55 bits per heavy atom. The van der Waals surface area contributed by atoms with Crippen LogP contribution in [0.2, 0.25) is 0 Å². The highest BCUT2D eigenvalue weighted by Gasteiger charge is 2.14. The molecule has 1 N–H and O–H groups in total. The summed E-state index contributed by atoms with van der Waals surface area (Å²) < 4.78 is 1.86. The molecule has 0 aliphatic carbocycles. The third-order valence-electron chi connectivity index (χ3n) is 4.92. The van der Waals surface area contributed by atoms with E-state index < -0.39 is 0 Å². The maximum absolute atomic E-state index is 12.6. The van der Waals surface area contributed by atoms with Crippen LogP contribution in [-0.2, 0) is 13.0 Å². The molecule has 0 fully saturated rings. The van der Waals surface area contributed by atoms with E-state index in [1.54, 1.807) is 0 Å². The van der Waals surface area contributed by atoms with Crippen molar-refractivity contribution in [1.82, 2.24) is 15.1 Å². The topological polar surface area (TPSA) is 46.9 Å². The predicted octanol–water partition coefficient (Wildman–Crippen LogP) is 5.03. The molecular formula is C25H23N3O. The molecule has 1 amide bonds. The standard InChI is InChI=1S/C25H23N3O/c1-2-19-13-15-21(16-14-19)25(29)26-17-22-18-28(23-11-7-4-8-12-23)27-24(22)20-9-5-3-6-10-20/h3-16,18H,2,17H2,1H3,(H,26,29). The van der Waals surface area contributed by atoms with Crippen molar-refractivity contribution in [1.29, 1.82) is 0 Å². The highest BCUT2D eigenvalue weighted by Crippen LogP contribution is 2.23. The van der Waals surface area contributed by atoms with E-state index in [1.165, 1.54) is 5.56 Å². The number of nitrogens with one attached hydrogen (secondary N) is 1. The molecule has 0 spiro atoms. The molecule has 0 saturated carbocycles. The molecule has 4 rings (SSSR count). The van der Waals surface area contributed by atoms with E-state index in [0.717, 1.165) is 28.9 Å². The third kappa shape index (κ3) is 4.27. The molecule has 4 heteroatoms. The summed E-state index contributed by atoms with van der Waals surface area (Å²) in [5.41, 5.74) is 5.74. The van der Waals surface area contributed by atoms with Gasteiger partial charge >= 0.3 is 0 Å². The van der Waals surface area contributed by atoms with E-state index in [2.05, 4.69) is 12.2 Å². The van der Waals surface area contributed by atoms with Gasteiger partial charge in [-0.3, -0.25) is 4.79 Å². The largest absolute Gasteiger partial charge is 0.348 e. The lowest BCUT2D eigenvalue weighted by molar-refractivity contribution is 0.0951. The van der Waals surface area contributed by atoms with Crippen molar-refractivity contribution in [3.05, 3.63) is 108 Å². The van der Waals surface area contributed by atoms with Gasteiger partial charge in [0.15, 0.2) is 0 Å². The van der Waals surface area contributed by atoms with Crippen LogP contribution >= 0.6 is 0 Å². The average molecular weight is 381 g/mol. The van der Waals surface area contributed by atoms with Gasteiger partial charge in [-0.2, -0.15) is 5.10 Å². The number of amides is 1. The van der Waals surface area contributed by atoms with Gasteiger partial charge in [-0.15, -0.1) is 0 Å². The van der Waals surface area contributed by atoms with Gasteiger partial charge in [0.05, 0.1) is 11.4 Å². The normalized spacial score (nSPS) is 10.7. The SMILES string of the molecule is CCc1ccc(C(=O)NCc2cn(-c3ccccc3)nc2-c2ccccc2)cc1. The number of hydrogen-bond donors (Lipinski definition) is 1. The first-order chi connectivity index (χ1) is 14.2. The molecule has 0 atom stereocenters. The summed E-state index contributed by atoms with van der Waals surface area (Å²) in [4.78, 5) is 12.6. The summed E-state index contributed by atoms with van der Waals surface area (Å²) in [5.74, 6) is -0.0841. The first-order valence-electron chi connectivity index (χ1n) is 9.81. The van der Waals surface area contributed by atoms with E-state index in [1.807, 2.05) is 95.8 Å². The molecule has 0 radical (unpaired) electrons. The van der Waals surface area contributed by atoms with Crippen LogP contribution in [0.5, 0.6) is 0 Å². The zero-order valence-electron chi connectivity index (χ0n) is 16.4. The van der Waals surface area contributed by atoms with Gasteiger partial charge in [-0.25, -0.2) is 4.68 Å². The smallest absolute Gasteiger partial charge is 0.251 e. The Bertz CT molecular complexity index is 1080. The van der Waals surface area contributed by atoms with E-state index in [-0.39, 0.29) is 5.91 Å². The fourth-order valence-electron chi connectivity index (χ4n) is 3.26. The summed E-state index contributed by atoms with van der Waals surface area (Å²) in [6.07, 6.45) is 2.94. The van der Waals surface area contributed by atoms with Crippen molar-refractivity contribution in [2.45, 2.75) is 19.9 Å². The fraction of sp³-hybridized carbons (Fsp3) is 0.120. The molecule has 29 heavy (non-hydrogen) atoms. The van der Waals surface area contributed by atoms with Gasteiger partial charge in [0.25, 0.3) is 5.91 Å². The summed E-state index contributed by atoms with van der Waals surface area (Å²) in [6.45, 7) is 2.51. The predicted molar refractivity (Wildman–Crippen MR) is 116 cm³/mol. The summed E-state index contributed by atoms with van der Waals surface area (Å²) in [6, 6.07) is 27.8. The summed E-state index contributed by atoms with van der Waals surface area (Å²) in [5, 5.41) is 7.82. The number of nitrogens with zero attached hydrogens (tertiary/aromatic N) is 2. The first-order valence-corrected chi connectivity index (χ1v) is 9.81. The summed E-state index contributed by atoms with van der Waals surface area (Å²) >= 11 is 0. The molecule has 0 unspecified atom stereocenters. The maximum atomic E-state index is 12.6. The second kappa shape index (κ2) is 8.57. The number of benzene rings is 3. The molecular weight excluding hydrogens is 358 g/mol. The van der Waals surface area contributed by atoms with E-state index in [4.69, 9.17) is 5.10 Å². The first kappa shape index (κ1) is 18.7. The molecule has 0 bridgehead atoms. The van der Waals surface area contributed by atoms with Crippen LogP contribution in [0.25, 0.3) is 16.9 Å². The Labute approximate surface area is 170 Å². The lowest BCUT2D eigenvalue weighted by Crippen LogP contribution is -2.22. The Morgan fingerprint density at radius 3 is 2.21 bits per heavy atom. The van der Waals surface area contributed by atoms with Crippen LogP contribution in [0.3, 0.4) is 0 Å². The second-order valence-electron chi connectivity index (χ2n) is 6.88. The monoisotopic (exact) mass is 381 g/mol. The number of aromatic nitrogens is 2. The van der Waals surface area contributed by atoms with Gasteiger partial charge in [0.2, 0.25) is 0 Å². The van der Waals surface area contributed by atoms with Gasteiger partial charge in [0.1, 0.15) is 0 Å². The molecule has 0 aliphatic rings. The number of hydrogen-bond acceptors (Lipinski definition) is 2. The number of carbonyl (C=O) groups is 1. The van der Waals surface area contributed by atoms with Crippen molar-refractivity contribution in [3.8, 4) is 16.9 Å². The van der Waals surface area contributed by atoms with Gasteiger partial charge in [-0.1, -0.05) is 67.6 Å². The molecule has 3 aromatic carbocycles. The minimum absolute atomic E-state index is 0.0841. The molecule has 4 nitrogen and oxygen atoms in total. The minimum atomic E-state index is -0.0841. The zero-order valence-corrected chi connectivity index (χ0v) is 16.4. The molecule has 144 valence electrons. The highest BCUT2D eigenvalue weighted by molar-refractivity contribution is 5.94. The van der Waals surface area contributed by atoms with Crippen LogP contribution in [0.4, 0.5) is 0 Å². The molecule has 1 heterocycles. The van der Waals surface area contributed by atoms with Crippen LogP contribution in [-0.4, -0.2) is 15.7 Å². The number of rotatable bonds is 6. The Morgan fingerprint density at radius 1 is 0.897 bits per heavy atom. The van der Waals surface area contributed by atoms with Crippen molar-refractivity contribution < 1.29 is 4.79 Å². The van der Waals surface area contributed by atoms with E-state index in [0.29, 0.717) is 12.1 Å². The van der Waals surface area contributed by atoms with Crippen LogP contribution in [0.15, 0.2) is 91.1 Å². The van der Waals surface area contributed by atoms with Crippen molar-refractivity contribution in [3.63, 3.8) is 0 Å². The third-order valence-corrected chi connectivity index (χ3v) is 4.92. The molecule has 0 saturated heterocycles. The minimum Gasteiger partial charge on any atom is -0.348 e. The number of para-hydroxylation sites is 1. The lowest BCUT2D eigenvalue weighted by Gasteiger charge is -2.06. The fourth-order valence-corrected chi connectivity index (χ4v) is 3.26. The summed E-state index contributed by atoms with van der Waals surface area (Å²) in [7, 11) is 0. The van der Waals surface area contributed by atoms with E-state index >= 15 is 0 Å². The Kier molecular flexibility index (Phi) is 5.52. The Hall–Kier alpha value is -3.66. The number of carbonyl (C=O) groups excluding carboxylic acids is 1. The van der Waals surface area contributed by atoms with Gasteiger partial charge < -0.3 is 5.32 Å². The zero-order chi connectivity index (χ0) is 20.1. The van der Waals surface area contributed by atoms with Crippen molar-refractivity contribution in [2.75, 3.05) is 0 Å². The Balaban J connectivity index is 1.60. The van der Waals surface area contributed by atoms with Gasteiger partial charge in [0, 0.05) is 29.4 Å². The van der Waals surface area contributed by atoms with Crippen molar-refractivity contribution >= 4 is 5.91 Å². The number of aryl methyl sites for hydroxylation is 1. The van der Waals surface area contributed by atoms with Crippen LogP contribution in [0.1, 0.15) is 28.4 Å². The lowest BCUT2D eigenvalue weighted by atomic mass is 10.1. The molecule has 1 aromatic heterocycles. The van der Waals surface area contributed by atoms with Crippen LogP contribution in [0, 0.1) is 0 Å². The van der Waals surface area contributed by atoms with Gasteiger partial charge in [-0.05, 0) is 36.2 Å². The van der Waals surface area contributed by atoms with Crippen LogP contribution < -0.4 is 5.32 Å². The van der Waals surface area contributed by atoms with Crippen molar-refractivity contribution in [2.24, 2.45) is 0 Å².